The summed E-state index contributed by atoms with van der Waals surface area (Å²) in [6, 6.07) is 7.92. The second kappa shape index (κ2) is 8.59. The molecule has 0 bridgehead atoms. The molecule has 0 heterocycles. The first-order valence-electron chi connectivity index (χ1n) is 7.28. The Hall–Kier alpha value is -1.55. The van der Waals surface area contributed by atoms with Gasteiger partial charge in [-0.05, 0) is 30.5 Å². The Morgan fingerprint density at radius 1 is 1.25 bits per heavy atom. The van der Waals surface area contributed by atoms with Crippen molar-refractivity contribution in [1.29, 1.82) is 0 Å². The van der Waals surface area contributed by atoms with Crippen molar-refractivity contribution in [2.75, 3.05) is 20.2 Å². The lowest BCUT2D eigenvalue weighted by atomic mass is 10.1. The number of methoxy groups -OCH3 is 1. The van der Waals surface area contributed by atoms with Crippen molar-refractivity contribution in [3.8, 4) is 5.75 Å². The number of nitrogens with two attached hydrogens (primary N) is 1. The van der Waals surface area contributed by atoms with Gasteiger partial charge in [0.1, 0.15) is 5.75 Å². The number of hydrogen-bond acceptors (Lipinski definition) is 3. The van der Waals surface area contributed by atoms with Crippen LogP contribution in [0.1, 0.15) is 32.3 Å². The average Bonchev–Trinajstić information content (AvgIpc) is 2.48. The molecule has 0 saturated heterocycles. The number of benzene rings is 1. The number of carbonyl (C=O) groups is 1. The number of hydrogen-bond donors (Lipinski definition) is 1. The predicted molar refractivity (Wildman–Crippen MR) is 81.8 cm³/mol. The monoisotopic (exact) mass is 278 g/mol. The molecule has 0 aliphatic heterocycles. The molecule has 0 unspecified atom stereocenters. The van der Waals surface area contributed by atoms with Gasteiger partial charge in [-0.2, -0.15) is 0 Å². The van der Waals surface area contributed by atoms with Gasteiger partial charge < -0.3 is 15.4 Å². The van der Waals surface area contributed by atoms with E-state index in [1.165, 1.54) is 0 Å². The third-order valence-electron chi connectivity index (χ3n) is 3.59. The molecule has 2 N–H and O–H groups in total. The summed E-state index contributed by atoms with van der Waals surface area (Å²) in [6.45, 7) is 5.35. The molecule has 0 fully saturated rings. The van der Waals surface area contributed by atoms with E-state index in [0.717, 1.165) is 24.2 Å². The topological polar surface area (TPSA) is 55.6 Å². The first-order valence-corrected chi connectivity index (χ1v) is 7.28. The maximum Gasteiger partial charge on any atom is 0.227 e. The molecule has 4 heteroatoms. The Labute approximate surface area is 121 Å². The summed E-state index contributed by atoms with van der Waals surface area (Å²) in [5.41, 5.74) is 6.64. The van der Waals surface area contributed by atoms with Crippen molar-refractivity contribution in [3.63, 3.8) is 0 Å². The fraction of sp³-hybridized carbons (Fsp3) is 0.562. The van der Waals surface area contributed by atoms with Crippen molar-refractivity contribution in [3.05, 3.63) is 29.8 Å². The predicted octanol–water partition coefficient (Wildman–Crippen LogP) is 2.21. The van der Waals surface area contributed by atoms with E-state index in [4.69, 9.17) is 10.5 Å². The van der Waals surface area contributed by atoms with Crippen molar-refractivity contribution >= 4 is 5.91 Å². The second-order valence-electron chi connectivity index (χ2n) is 4.87. The maximum absolute atomic E-state index is 12.5. The van der Waals surface area contributed by atoms with E-state index >= 15 is 0 Å². The lowest BCUT2D eigenvalue weighted by Crippen LogP contribution is -2.43. The standard InChI is InChI=1S/C16H26N2O2/c1-4-14(5-2)18(11-10-17)16(19)12-13-6-8-15(20-3)9-7-13/h6-9,14H,4-5,10-12,17H2,1-3H3. The van der Waals surface area contributed by atoms with Gasteiger partial charge in [-0.3, -0.25) is 4.79 Å². The third-order valence-corrected chi connectivity index (χ3v) is 3.59. The molecular weight excluding hydrogens is 252 g/mol. The van der Waals surface area contributed by atoms with Crippen LogP contribution in [0.3, 0.4) is 0 Å². The van der Waals surface area contributed by atoms with E-state index in [0.29, 0.717) is 19.5 Å². The Bertz CT molecular complexity index is 399. The Balaban J connectivity index is 2.73. The zero-order valence-electron chi connectivity index (χ0n) is 12.8. The summed E-state index contributed by atoms with van der Waals surface area (Å²) >= 11 is 0. The number of rotatable bonds is 8. The molecule has 112 valence electrons. The van der Waals surface area contributed by atoms with Crippen LogP contribution in [0.5, 0.6) is 5.75 Å². The van der Waals surface area contributed by atoms with E-state index in [-0.39, 0.29) is 11.9 Å². The van der Waals surface area contributed by atoms with Gasteiger partial charge in [-0.25, -0.2) is 0 Å². The summed E-state index contributed by atoms with van der Waals surface area (Å²) < 4.78 is 5.12. The van der Waals surface area contributed by atoms with Gasteiger partial charge >= 0.3 is 0 Å². The molecular formula is C16H26N2O2. The van der Waals surface area contributed by atoms with Crippen LogP contribution in [0.4, 0.5) is 0 Å². The third kappa shape index (κ3) is 4.53. The summed E-state index contributed by atoms with van der Waals surface area (Å²) in [5, 5.41) is 0. The maximum atomic E-state index is 12.5. The minimum Gasteiger partial charge on any atom is -0.497 e. The van der Waals surface area contributed by atoms with E-state index in [1.807, 2.05) is 29.2 Å². The van der Waals surface area contributed by atoms with E-state index in [1.54, 1.807) is 7.11 Å². The van der Waals surface area contributed by atoms with Crippen LogP contribution < -0.4 is 10.5 Å². The number of carbonyl (C=O) groups excluding carboxylic acids is 1. The van der Waals surface area contributed by atoms with Crippen LogP contribution in [0, 0.1) is 0 Å². The van der Waals surface area contributed by atoms with Crippen LogP contribution in [-0.2, 0) is 11.2 Å². The lowest BCUT2D eigenvalue weighted by molar-refractivity contribution is -0.132. The Kier molecular flexibility index (Phi) is 7.09. The van der Waals surface area contributed by atoms with Gasteiger partial charge in [0.15, 0.2) is 0 Å². The summed E-state index contributed by atoms with van der Waals surface area (Å²) in [4.78, 5) is 14.4. The zero-order chi connectivity index (χ0) is 15.0. The quantitative estimate of drug-likeness (QED) is 0.793. The van der Waals surface area contributed by atoms with Crippen LogP contribution in [0.2, 0.25) is 0 Å². The van der Waals surface area contributed by atoms with Crippen molar-refractivity contribution < 1.29 is 9.53 Å². The zero-order valence-corrected chi connectivity index (χ0v) is 12.8. The normalized spacial score (nSPS) is 10.7. The Morgan fingerprint density at radius 2 is 1.85 bits per heavy atom. The minimum absolute atomic E-state index is 0.148. The summed E-state index contributed by atoms with van der Waals surface area (Å²) in [6.07, 6.45) is 2.34. The lowest BCUT2D eigenvalue weighted by Gasteiger charge is -2.30. The van der Waals surface area contributed by atoms with Crippen LogP contribution in [0.15, 0.2) is 24.3 Å². The smallest absolute Gasteiger partial charge is 0.227 e. The fourth-order valence-corrected chi connectivity index (χ4v) is 2.40. The number of ether oxygens (including phenoxy) is 1. The van der Waals surface area contributed by atoms with Gasteiger partial charge in [-0.15, -0.1) is 0 Å². The largest absolute Gasteiger partial charge is 0.497 e. The highest BCUT2D eigenvalue weighted by Gasteiger charge is 2.20. The van der Waals surface area contributed by atoms with Gasteiger partial charge in [0.2, 0.25) is 5.91 Å². The van der Waals surface area contributed by atoms with Crippen molar-refractivity contribution in [2.24, 2.45) is 5.73 Å². The van der Waals surface area contributed by atoms with Crippen LogP contribution in [0.25, 0.3) is 0 Å². The first-order chi connectivity index (χ1) is 9.65. The first kappa shape index (κ1) is 16.5. The molecule has 0 aliphatic carbocycles. The second-order valence-corrected chi connectivity index (χ2v) is 4.87. The fourth-order valence-electron chi connectivity index (χ4n) is 2.40. The molecule has 0 saturated carbocycles. The van der Waals surface area contributed by atoms with Crippen molar-refractivity contribution in [1.82, 2.24) is 4.90 Å². The minimum atomic E-state index is 0.148. The SMILES string of the molecule is CCC(CC)N(CCN)C(=O)Cc1ccc(OC)cc1. The van der Waals surface area contributed by atoms with Crippen LogP contribution in [-0.4, -0.2) is 37.0 Å². The molecule has 1 aromatic carbocycles. The summed E-state index contributed by atoms with van der Waals surface area (Å²) in [5.74, 6) is 0.953. The molecule has 0 atom stereocenters. The molecule has 4 nitrogen and oxygen atoms in total. The number of nitrogens with zero attached hydrogens (tertiary/aromatic N) is 1. The highest BCUT2D eigenvalue weighted by Crippen LogP contribution is 2.14. The number of amides is 1. The van der Waals surface area contributed by atoms with Gasteiger partial charge in [-0.1, -0.05) is 26.0 Å². The molecule has 0 radical (unpaired) electrons. The molecule has 20 heavy (non-hydrogen) atoms. The van der Waals surface area contributed by atoms with E-state index in [2.05, 4.69) is 13.8 Å². The molecule has 1 rings (SSSR count). The summed E-state index contributed by atoms with van der Waals surface area (Å²) in [7, 11) is 1.64. The van der Waals surface area contributed by atoms with Gasteiger partial charge in [0.25, 0.3) is 0 Å². The molecule has 0 aromatic heterocycles. The molecule has 0 aliphatic rings. The average molecular weight is 278 g/mol. The van der Waals surface area contributed by atoms with E-state index < -0.39 is 0 Å². The van der Waals surface area contributed by atoms with Crippen molar-refractivity contribution in [2.45, 2.75) is 39.2 Å². The Morgan fingerprint density at radius 3 is 2.30 bits per heavy atom. The molecule has 1 aromatic rings. The van der Waals surface area contributed by atoms with Gasteiger partial charge in [0, 0.05) is 19.1 Å². The molecule has 0 spiro atoms. The van der Waals surface area contributed by atoms with Crippen LogP contribution >= 0.6 is 0 Å². The highest BCUT2D eigenvalue weighted by molar-refractivity contribution is 5.79. The molecule has 1 amide bonds. The van der Waals surface area contributed by atoms with Gasteiger partial charge in [0.05, 0.1) is 13.5 Å². The van der Waals surface area contributed by atoms with E-state index in [9.17, 15) is 4.79 Å². The highest BCUT2D eigenvalue weighted by atomic mass is 16.5.